The van der Waals surface area contributed by atoms with Gasteiger partial charge in [-0.05, 0) is 56.1 Å². The van der Waals surface area contributed by atoms with Gasteiger partial charge in [-0.1, -0.05) is 49.9 Å². The van der Waals surface area contributed by atoms with Crippen LogP contribution in [0.4, 0.5) is 0 Å². The van der Waals surface area contributed by atoms with E-state index in [1.807, 2.05) is 29.4 Å². The van der Waals surface area contributed by atoms with Crippen LogP contribution in [-0.2, 0) is 23.9 Å². The molecule has 8 nitrogen and oxygen atoms in total. The van der Waals surface area contributed by atoms with E-state index in [-0.39, 0.29) is 30.8 Å². The number of carbonyl (C=O) groups is 3. The third kappa shape index (κ3) is 5.82. The highest BCUT2D eigenvalue weighted by atomic mass is 32.2. The molecule has 3 aliphatic heterocycles. The maximum Gasteiger partial charge on any atom is 0.338 e. The summed E-state index contributed by atoms with van der Waals surface area (Å²) in [7, 11) is 0. The molecule has 1 aromatic carbocycles. The SMILES string of the molecule is CCOC(=O)C1=C(C)N=C2SC=C(CC(=O)N3CCC[C@@H](C(=O)OCC)C3)N2[C@@H]1c1ccc(C(C)C)cc1. The van der Waals surface area contributed by atoms with Crippen molar-refractivity contribution in [2.24, 2.45) is 10.9 Å². The summed E-state index contributed by atoms with van der Waals surface area (Å²) in [5.74, 6) is -0.602. The Labute approximate surface area is 229 Å². The molecule has 3 heterocycles. The van der Waals surface area contributed by atoms with Crippen molar-refractivity contribution in [3.8, 4) is 0 Å². The van der Waals surface area contributed by atoms with E-state index in [0.717, 1.165) is 29.3 Å². The number of hydrogen-bond donors (Lipinski definition) is 0. The number of amidine groups is 1. The van der Waals surface area contributed by atoms with Gasteiger partial charge >= 0.3 is 11.9 Å². The Kier molecular flexibility index (Phi) is 8.97. The molecule has 204 valence electrons. The number of thioether (sulfide) groups is 1. The van der Waals surface area contributed by atoms with Crippen molar-refractivity contribution in [3.63, 3.8) is 0 Å². The minimum Gasteiger partial charge on any atom is -0.466 e. The number of allylic oxidation sites excluding steroid dienone is 1. The van der Waals surface area contributed by atoms with Crippen molar-refractivity contribution in [3.05, 3.63) is 57.8 Å². The minimum atomic E-state index is -0.453. The molecule has 0 spiro atoms. The Morgan fingerprint density at radius 3 is 2.47 bits per heavy atom. The normalized spacial score (nSPS) is 21.2. The van der Waals surface area contributed by atoms with Gasteiger partial charge in [0.25, 0.3) is 0 Å². The standard InChI is InChI=1S/C29H37N3O5S/c1-6-36-27(34)22-9-8-14-31(16-22)24(33)15-23-17-38-29-30-19(5)25(28(35)37-7-2)26(32(23)29)21-12-10-20(11-13-21)18(3)4/h10-13,17-18,22,26H,6-9,14-16H2,1-5H3/t22-,26-/m1/s1. The first-order chi connectivity index (χ1) is 18.2. The maximum absolute atomic E-state index is 13.5. The number of fused-ring (bicyclic) bond motifs is 1. The molecule has 1 aromatic rings. The van der Waals surface area contributed by atoms with Gasteiger partial charge in [0.2, 0.25) is 5.91 Å². The third-order valence-electron chi connectivity index (χ3n) is 7.14. The van der Waals surface area contributed by atoms with E-state index < -0.39 is 12.0 Å². The van der Waals surface area contributed by atoms with Crippen molar-refractivity contribution < 1.29 is 23.9 Å². The molecule has 4 rings (SSSR count). The lowest BCUT2D eigenvalue weighted by Crippen LogP contribution is -2.44. The van der Waals surface area contributed by atoms with Gasteiger partial charge < -0.3 is 19.3 Å². The van der Waals surface area contributed by atoms with Crippen LogP contribution in [0.1, 0.15) is 77.0 Å². The molecule has 0 unspecified atom stereocenters. The quantitative estimate of drug-likeness (QED) is 0.423. The summed E-state index contributed by atoms with van der Waals surface area (Å²) in [5.41, 5.74) is 4.03. The van der Waals surface area contributed by atoms with Gasteiger partial charge in [0.05, 0.1) is 42.9 Å². The fourth-order valence-corrected chi connectivity index (χ4v) is 6.11. The van der Waals surface area contributed by atoms with Gasteiger partial charge in [0, 0.05) is 18.8 Å². The average Bonchev–Trinajstić information content (AvgIpc) is 3.29. The van der Waals surface area contributed by atoms with E-state index in [1.54, 1.807) is 18.7 Å². The lowest BCUT2D eigenvalue weighted by atomic mass is 9.91. The second kappa shape index (κ2) is 12.2. The fourth-order valence-electron chi connectivity index (χ4n) is 5.14. The van der Waals surface area contributed by atoms with Gasteiger partial charge in [0.1, 0.15) is 0 Å². The number of esters is 2. The zero-order valence-corrected chi connectivity index (χ0v) is 23.7. The number of carbonyl (C=O) groups excluding carboxylic acids is 3. The summed E-state index contributed by atoms with van der Waals surface area (Å²) in [5, 5.41) is 2.68. The largest absolute Gasteiger partial charge is 0.466 e. The number of aliphatic imine (C=N–C) groups is 1. The molecule has 9 heteroatoms. The van der Waals surface area contributed by atoms with E-state index in [0.29, 0.717) is 36.9 Å². The first-order valence-corrected chi connectivity index (χ1v) is 14.3. The molecule has 0 saturated carbocycles. The van der Waals surface area contributed by atoms with Crippen LogP contribution in [-0.4, -0.2) is 59.1 Å². The monoisotopic (exact) mass is 539 g/mol. The zero-order valence-electron chi connectivity index (χ0n) is 22.9. The third-order valence-corrected chi connectivity index (χ3v) is 8.03. The number of hydrogen-bond acceptors (Lipinski definition) is 8. The van der Waals surface area contributed by atoms with Crippen LogP contribution in [0.25, 0.3) is 0 Å². The van der Waals surface area contributed by atoms with Crippen LogP contribution in [0.3, 0.4) is 0 Å². The molecular formula is C29H37N3O5S. The van der Waals surface area contributed by atoms with E-state index in [2.05, 4.69) is 26.0 Å². The van der Waals surface area contributed by atoms with Crippen LogP contribution < -0.4 is 0 Å². The van der Waals surface area contributed by atoms with E-state index in [9.17, 15) is 14.4 Å². The highest BCUT2D eigenvalue weighted by Crippen LogP contribution is 2.45. The van der Waals surface area contributed by atoms with Crippen molar-refractivity contribution in [1.29, 1.82) is 0 Å². The molecule has 2 atom stereocenters. The fraction of sp³-hybridized carbons (Fsp3) is 0.517. The summed E-state index contributed by atoms with van der Waals surface area (Å²) in [6.45, 7) is 11.3. The van der Waals surface area contributed by atoms with Crippen LogP contribution in [0.15, 0.2) is 51.6 Å². The average molecular weight is 540 g/mol. The van der Waals surface area contributed by atoms with Crippen LogP contribution in [0, 0.1) is 5.92 Å². The number of nitrogens with zero attached hydrogens (tertiary/aromatic N) is 3. The maximum atomic E-state index is 13.5. The number of ether oxygens (including phenoxy) is 2. The first-order valence-electron chi connectivity index (χ1n) is 13.4. The van der Waals surface area contributed by atoms with Gasteiger partial charge in [-0.15, -0.1) is 0 Å². The van der Waals surface area contributed by atoms with E-state index in [4.69, 9.17) is 14.5 Å². The van der Waals surface area contributed by atoms with Crippen molar-refractivity contribution >= 4 is 34.8 Å². The summed E-state index contributed by atoms with van der Waals surface area (Å²) in [6.07, 6.45) is 1.64. The Hall–Kier alpha value is -3.07. The number of benzene rings is 1. The number of piperidine rings is 1. The van der Waals surface area contributed by atoms with Gasteiger partial charge in [-0.3, -0.25) is 9.59 Å². The van der Waals surface area contributed by atoms with Crippen LogP contribution >= 0.6 is 11.8 Å². The summed E-state index contributed by atoms with van der Waals surface area (Å²) in [4.78, 5) is 47.4. The predicted octanol–water partition coefficient (Wildman–Crippen LogP) is 5.14. The summed E-state index contributed by atoms with van der Waals surface area (Å²) < 4.78 is 10.6. The Morgan fingerprint density at radius 1 is 1.11 bits per heavy atom. The number of rotatable bonds is 8. The lowest BCUT2D eigenvalue weighted by Gasteiger charge is -2.37. The minimum absolute atomic E-state index is 0.0510. The van der Waals surface area contributed by atoms with Gasteiger partial charge in [-0.2, -0.15) is 0 Å². The lowest BCUT2D eigenvalue weighted by molar-refractivity contribution is -0.151. The predicted molar refractivity (Wildman–Crippen MR) is 148 cm³/mol. The van der Waals surface area contributed by atoms with Crippen molar-refractivity contribution in [2.75, 3.05) is 26.3 Å². The van der Waals surface area contributed by atoms with Gasteiger partial charge in [-0.25, -0.2) is 9.79 Å². The molecule has 0 N–H and O–H groups in total. The molecule has 1 saturated heterocycles. The molecule has 1 amide bonds. The number of amides is 1. The topological polar surface area (TPSA) is 88.5 Å². The van der Waals surface area contributed by atoms with Crippen LogP contribution in [0.5, 0.6) is 0 Å². The molecule has 0 aliphatic carbocycles. The smallest absolute Gasteiger partial charge is 0.338 e. The van der Waals surface area contributed by atoms with Gasteiger partial charge in [0.15, 0.2) is 5.17 Å². The zero-order chi connectivity index (χ0) is 27.4. The second-order valence-corrected chi connectivity index (χ2v) is 10.9. The van der Waals surface area contributed by atoms with Crippen molar-refractivity contribution in [2.45, 2.75) is 65.8 Å². The molecule has 3 aliphatic rings. The molecule has 0 radical (unpaired) electrons. The Bertz CT molecular complexity index is 1170. The molecule has 1 fully saturated rings. The van der Waals surface area contributed by atoms with E-state index in [1.165, 1.54) is 17.3 Å². The van der Waals surface area contributed by atoms with E-state index >= 15 is 0 Å². The first kappa shape index (κ1) is 28.0. The highest BCUT2D eigenvalue weighted by molar-refractivity contribution is 8.16. The second-order valence-electron chi connectivity index (χ2n) is 10.0. The molecule has 38 heavy (non-hydrogen) atoms. The molecule has 0 bridgehead atoms. The van der Waals surface area contributed by atoms with Crippen LogP contribution in [0.2, 0.25) is 0 Å². The highest BCUT2D eigenvalue weighted by Gasteiger charge is 2.41. The Morgan fingerprint density at radius 2 is 1.82 bits per heavy atom. The number of likely N-dealkylation sites (tertiary alicyclic amines) is 1. The van der Waals surface area contributed by atoms with Crippen molar-refractivity contribution in [1.82, 2.24) is 9.80 Å². The molecular weight excluding hydrogens is 502 g/mol. The molecule has 0 aromatic heterocycles. The summed E-state index contributed by atoms with van der Waals surface area (Å²) >= 11 is 1.46. The summed E-state index contributed by atoms with van der Waals surface area (Å²) in [6, 6.07) is 7.82. The Balaban J connectivity index is 1.61.